The number of nitrogens with two attached hydrogens (primary N) is 1. The van der Waals surface area contributed by atoms with E-state index >= 15 is 0 Å². The molecule has 2 N–H and O–H groups in total. The van der Waals surface area contributed by atoms with Gasteiger partial charge in [0.2, 0.25) is 5.91 Å². The predicted molar refractivity (Wildman–Crippen MR) is 130 cm³/mol. The highest BCUT2D eigenvalue weighted by molar-refractivity contribution is 6.33. The summed E-state index contributed by atoms with van der Waals surface area (Å²) in [4.78, 5) is 17.8. The van der Waals surface area contributed by atoms with E-state index in [1.807, 2.05) is 0 Å². The number of nitrogens with zero attached hydrogens (tertiary/aromatic N) is 2. The van der Waals surface area contributed by atoms with Crippen molar-refractivity contribution in [2.45, 2.75) is 12.8 Å². The molecule has 1 saturated carbocycles. The fourth-order valence-corrected chi connectivity index (χ4v) is 3.90. The van der Waals surface area contributed by atoms with Gasteiger partial charge in [-0.25, -0.2) is 9.37 Å². The molecule has 8 heteroatoms. The summed E-state index contributed by atoms with van der Waals surface area (Å²) in [5.41, 5.74) is 7.54. The van der Waals surface area contributed by atoms with Crippen molar-refractivity contribution < 1.29 is 13.9 Å². The average Bonchev–Trinajstić information content (AvgIpc) is 3.61. The molecule has 1 heterocycles. The van der Waals surface area contributed by atoms with E-state index in [-0.39, 0.29) is 10.6 Å². The first kappa shape index (κ1) is 23.1. The molecule has 1 aliphatic carbocycles. The monoisotopic (exact) mass is 485 g/mol. The van der Waals surface area contributed by atoms with Crippen LogP contribution in [0, 0.1) is 11.7 Å². The summed E-state index contributed by atoms with van der Waals surface area (Å²) in [7, 11) is 1.72. The Morgan fingerprint density at radius 1 is 1.24 bits per heavy atom. The van der Waals surface area contributed by atoms with E-state index in [1.54, 1.807) is 48.5 Å². The molecule has 5 nitrogen and oxygen atoms in total. The quantitative estimate of drug-likeness (QED) is 0.412. The van der Waals surface area contributed by atoms with E-state index in [0.29, 0.717) is 51.5 Å². The van der Waals surface area contributed by atoms with Crippen LogP contribution in [0.1, 0.15) is 28.8 Å². The van der Waals surface area contributed by atoms with Crippen molar-refractivity contribution in [1.82, 2.24) is 4.98 Å². The minimum atomic E-state index is -0.555. The normalized spacial score (nSPS) is 13.0. The molecule has 1 aliphatic rings. The number of benzene rings is 2. The van der Waals surface area contributed by atoms with E-state index < -0.39 is 11.7 Å². The summed E-state index contributed by atoms with van der Waals surface area (Å²) in [6.45, 7) is 4.57. The van der Waals surface area contributed by atoms with Gasteiger partial charge in [0.25, 0.3) is 0 Å². The Morgan fingerprint density at radius 3 is 2.67 bits per heavy atom. The lowest BCUT2D eigenvalue weighted by Gasteiger charge is -2.25. The Hall–Kier alpha value is -3.09. The molecule has 2 aromatic carbocycles. The number of hydrogen-bond donors (Lipinski definition) is 1. The maximum Gasteiger partial charge on any atom is 0.248 e. The maximum atomic E-state index is 14.5. The average molecular weight is 486 g/mol. The van der Waals surface area contributed by atoms with Crippen molar-refractivity contribution in [3.63, 3.8) is 0 Å². The predicted octanol–water partition coefficient (Wildman–Crippen LogP) is 6.19. The third-order valence-electron chi connectivity index (χ3n) is 5.54. The van der Waals surface area contributed by atoms with Crippen molar-refractivity contribution in [2.75, 3.05) is 18.6 Å². The van der Waals surface area contributed by atoms with Crippen LogP contribution < -0.4 is 15.4 Å². The largest absolute Gasteiger partial charge is 0.489 e. The second-order valence-electron chi connectivity index (χ2n) is 7.96. The number of hydrogen-bond acceptors (Lipinski definition) is 4. The molecule has 0 spiro atoms. The zero-order valence-electron chi connectivity index (χ0n) is 17.9. The number of carbonyl (C=O) groups is 1. The van der Waals surface area contributed by atoms with Gasteiger partial charge in [-0.1, -0.05) is 35.8 Å². The summed E-state index contributed by atoms with van der Waals surface area (Å²) >= 11 is 12.6. The first-order chi connectivity index (χ1) is 15.8. The number of anilines is 1. The van der Waals surface area contributed by atoms with Crippen LogP contribution in [0.15, 0.2) is 55.2 Å². The molecule has 0 unspecified atom stereocenters. The van der Waals surface area contributed by atoms with Crippen molar-refractivity contribution in [2.24, 2.45) is 11.7 Å². The van der Waals surface area contributed by atoms with Gasteiger partial charge in [0.05, 0.1) is 17.2 Å². The van der Waals surface area contributed by atoms with Crippen LogP contribution >= 0.6 is 23.2 Å². The second kappa shape index (κ2) is 9.41. The number of ether oxygens (including phenoxy) is 1. The summed E-state index contributed by atoms with van der Waals surface area (Å²) in [6.07, 6.45) is 3.84. The third-order valence-corrected chi connectivity index (χ3v) is 6.18. The number of amides is 1. The van der Waals surface area contributed by atoms with Crippen LogP contribution in [0.4, 0.5) is 10.2 Å². The van der Waals surface area contributed by atoms with Crippen LogP contribution in [0.25, 0.3) is 16.8 Å². The van der Waals surface area contributed by atoms with Crippen molar-refractivity contribution in [1.29, 1.82) is 0 Å². The Bertz CT molecular complexity index is 1220. The molecule has 3 aromatic rings. The van der Waals surface area contributed by atoms with E-state index in [1.165, 1.54) is 12.1 Å². The van der Waals surface area contributed by atoms with Crippen LogP contribution in [0.2, 0.25) is 10.0 Å². The number of rotatable bonds is 8. The number of aromatic nitrogens is 1. The Kier molecular flexibility index (Phi) is 6.58. The van der Waals surface area contributed by atoms with Crippen molar-refractivity contribution in [3.8, 4) is 16.9 Å². The summed E-state index contributed by atoms with van der Waals surface area (Å²) < 4.78 is 20.6. The lowest BCUT2D eigenvalue weighted by atomic mass is 10.0. The summed E-state index contributed by atoms with van der Waals surface area (Å²) in [6, 6.07) is 11.1. The van der Waals surface area contributed by atoms with Crippen LogP contribution in [-0.2, 0) is 0 Å². The van der Waals surface area contributed by atoms with Gasteiger partial charge in [0.15, 0.2) is 11.6 Å². The fraction of sp³-hybridized carbons (Fsp3) is 0.200. The van der Waals surface area contributed by atoms with Gasteiger partial charge in [0.1, 0.15) is 5.82 Å². The summed E-state index contributed by atoms with van der Waals surface area (Å²) in [5, 5.41) is 0.692. The molecule has 0 aliphatic heterocycles. The maximum absolute atomic E-state index is 14.5. The van der Waals surface area contributed by atoms with Gasteiger partial charge in [-0.05, 0) is 55.2 Å². The smallest absolute Gasteiger partial charge is 0.248 e. The SMILES string of the molecule is C=C(c1c(F)cccc1Cl)N(C)c1ncc(-c2cc(C(N)=O)ccc2Cl)cc1OCC1CC1. The van der Waals surface area contributed by atoms with E-state index in [2.05, 4.69) is 11.6 Å². The number of halogens is 3. The molecule has 1 fully saturated rings. The topological polar surface area (TPSA) is 68.5 Å². The number of carbonyl (C=O) groups excluding carboxylic acids is 1. The van der Waals surface area contributed by atoms with Gasteiger partial charge in [-0.3, -0.25) is 4.79 Å². The van der Waals surface area contributed by atoms with E-state index in [0.717, 1.165) is 12.8 Å². The van der Waals surface area contributed by atoms with Gasteiger partial charge >= 0.3 is 0 Å². The number of primary amides is 1. The van der Waals surface area contributed by atoms with Crippen LogP contribution in [0.3, 0.4) is 0 Å². The second-order valence-corrected chi connectivity index (χ2v) is 8.78. The highest BCUT2D eigenvalue weighted by Gasteiger charge is 2.25. The molecule has 4 rings (SSSR count). The summed E-state index contributed by atoms with van der Waals surface area (Å²) in [5.74, 6) is 0.395. The van der Waals surface area contributed by atoms with Gasteiger partial charge in [-0.2, -0.15) is 0 Å². The van der Waals surface area contributed by atoms with Gasteiger partial charge in [-0.15, -0.1) is 0 Å². The first-order valence-electron chi connectivity index (χ1n) is 10.4. The molecule has 0 radical (unpaired) electrons. The minimum Gasteiger partial charge on any atom is -0.489 e. The van der Waals surface area contributed by atoms with Gasteiger partial charge in [0, 0.05) is 40.7 Å². The number of pyridine rings is 1. The van der Waals surface area contributed by atoms with Gasteiger partial charge < -0.3 is 15.4 Å². The van der Waals surface area contributed by atoms with E-state index in [9.17, 15) is 9.18 Å². The zero-order valence-corrected chi connectivity index (χ0v) is 19.5. The lowest BCUT2D eigenvalue weighted by molar-refractivity contribution is 0.100. The lowest BCUT2D eigenvalue weighted by Crippen LogP contribution is -2.18. The first-order valence-corrected chi connectivity index (χ1v) is 11.1. The van der Waals surface area contributed by atoms with E-state index in [4.69, 9.17) is 33.7 Å². The Morgan fingerprint density at radius 2 is 2.00 bits per heavy atom. The molecule has 0 atom stereocenters. The van der Waals surface area contributed by atoms with Crippen LogP contribution in [-0.4, -0.2) is 24.5 Å². The molecule has 0 bridgehead atoms. The Balaban J connectivity index is 1.75. The third kappa shape index (κ3) is 4.97. The molecular weight excluding hydrogens is 464 g/mol. The van der Waals surface area contributed by atoms with Crippen molar-refractivity contribution >= 4 is 40.6 Å². The van der Waals surface area contributed by atoms with Crippen molar-refractivity contribution in [3.05, 3.63) is 82.2 Å². The molecule has 1 amide bonds. The minimum absolute atomic E-state index is 0.192. The molecule has 1 aromatic heterocycles. The highest BCUT2D eigenvalue weighted by Crippen LogP contribution is 2.39. The molecular formula is C25H22Cl2FN3O2. The fourth-order valence-electron chi connectivity index (χ4n) is 3.40. The molecule has 0 saturated heterocycles. The highest BCUT2D eigenvalue weighted by atomic mass is 35.5. The molecule has 33 heavy (non-hydrogen) atoms. The zero-order chi connectivity index (χ0) is 23.7. The Labute approximate surface area is 201 Å². The molecule has 170 valence electrons. The standard InChI is InChI=1S/C25H22Cl2FN3O2/c1-14(23-20(27)4-3-5-21(23)28)31(2)25-22(33-13-15-6-7-15)11-17(12-30-25)18-10-16(24(29)32)8-9-19(18)26/h3-5,8-12,15H,1,6-7,13H2,2H3,(H2,29,32). The van der Waals surface area contributed by atoms with Crippen LogP contribution in [0.5, 0.6) is 5.75 Å².